The van der Waals surface area contributed by atoms with Crippen molar-refractivity contribution in [1.29, 1.82) is 0 Å². The van der Waals surface area contributed by atoms with Crippen molar-refractivity contribution >= 4 is 11.4 Å². The number of aromatic nitrogens is 1. The van der Waals surface area contributed by atoms with Crippen molar-refractivity contribution < 1.29 is 0 Å². The van der Waals surface area contributed by atoms with E-state index in [-0.39, 0.29) is 0 Å². The molecule has 0 aliphatic carbocycles. The van der Waals surface area contributed by atoms with Gasteiger partial charge in [0.05, 0.1) is 11.9 Å². The Hall–Kier alpha value is -2.07. The number of rotatable bonds is 7. The summed E-state index contributed by atoms with van der Waals surface area (Å²) in [6.45, 7) is 11.1. The Morgan fingerprint density at radius 3 is 2.56 bits per heavy atom. The van der Waals surface area contributed by atoms with Gasteiger partial charge in [0.2, 0.25) is 0 Å². The highest BCUT2D eigenvalue weighted by Gasteiger charge is 2.18. The molecule has 4 heteroatoms. The van der Waals surface area contributed by atoms with Gasteiger partial charge in [-0.2, -0.15) is 0 Å². The topological polar surface area (TPSA) is 31.4 Å². The molecule has 0 amide bonds. The second kappa shape index (κ2) is 8.86. The molecule has 1 saturated heterocycles. The molecule has 0 unspecified atom stereocenters. The summed E-state index contributed by atoms with van der Waals surface area (Å²) < 4.78 is 0. The van der Waals surface area contributed by atoms with Gasteiger partial charge in [-0.05, 0) is 42.6 Å². The van der Waals surface area contributed by atoms with Crippen molar-refractivity contribution in [3.05, 3.63) is 53.9 Å². The average molecular weight is 338 g/mol. The van der Waals surface area contributed by atoms with Crippen LogP contribution in [0.15, 0.2) is 42.7 Å². The van der Waals surface area contributed by atoms with E-state index in [2.05, 4.69) is 64.3 Å². The van der Waals surface area contributed by atoms with Crippen LogP contribution in [0.5, 0.6) is 0 Å². The van der Waals surface area contributed by atoms with Gasteiger partial charge in [-0.1, -0.05) is 32.0 Å². The van der Waals surface area contributed by atoms with Crippen LogP contribution >= 0.6 is 0 Å². The van der Waals surface area contributed by atoms with Crippen LogP contribution in [-0.2, 0) is 13.0 Å². The van der Waals surface area contributed by atoms with Crippen molar-refractivity contribution in [3.63, 3.8) is 0 Å². The van der Waals surface area contributed by atoms with Crippen molar-refractivity contribution in [2.24, 2.45) is 0 Å². The van der Waals surface area contributed by atoms with Crippen LogP contribution in [0.25, 0.3) is 0 Å². The van der Waals surface area contributed by atoms with E-state index in [9.17, 15) is 0 Å². The molecule has 25 heavy (non-hydrogen) atoms. The number of hydrogen-bond acceptors (Lipinski definition) is 4. The van der Waals surface area contributed by atoms with E-state index in [1.54, 1.807) is 0 Å². The normalized spacial score (nSPS) is 15.4. The Morgan fingerprint density at radius 1 is 1.00 bits per heavy atom. The van der Waals surface area contributed by atoms with Crippen LogP contribution in [0.2, 0.25) is 0 Å². The predicted octanol–water partition coefficient (Wildman–Crippen LogP) is 3.79. The molecule has 3 rings (SSSR count). The smallest absolute Gasteiger partial charge is 0.0561 e. The molecule has 1 fully saturated rings. The molecule has 0 radical (unpaired) electrons. The third-order valence-corrected chi connectivity index (χ3v) is 5.01. The summed E-state index contributed by atoms with van der Waals surface area (Å²) in [4.78, 5) is 9.37. The minimum absolute atomic E-state index is 0.837. The van der Waals surface area contributed by atoms with E-state index in [1.807, 2.05) is 12.4 Å². The predicted molar refractivity (Wildman–Crippen MR) is 106 cm³/mol. The zero-order chi connectivity index (χ0) is 17.5. The van der Waals surface area contributed by atoms with E-state index in [1.165, 1.54) is 29.8 Å². The second-order valence-corrected chi connectivity index (χ2v) is 6.70. The largest absolute Gasteiger partial charge is 0.379 e. The number of para-hydroxylation sites is 1. The lowest BCUT2D eigenvalue weighted by Gasteiger charge is -2.37. The molecule has 134 valence electrons. The van der Waals surface area contributed by atoms with Gasteiger partial charge in [0, 0.05) is 44.6 Å². The molecule has 1 aromatic heterocycles. The van der Waals surface area contributed by atoms with Crippen LogP contribution in [-0.4, -0.2) is 42.6 Å². The number of nitrogens with one attached hydrogen (secondary N) is 1. The van der Waals surface area contributed by atoms with Gasteiger partial charge in [-0.15, -0.1) is 0 Å². The Balaban J connectivity index is 1.67. The number of aryl methyl sites for hydroxylation is 1. The molecule has 0 bridgehead atoms. The average Bonchev–Trinajstić information content (AvgIpc) is 2.68. The SMILES string of the molecule is CCCN1CCN(c2ccccc2CNc2cnccc2CC)CC1. The molecule has 2 aromatic rings. The Labute approximate surface area is 151 Å². The Kier molecular flexibility index (Phi) is 6.29. The van der Waals surface area contributed by atoms with Crippen molar-refractivity contribution in [3.8, 4) is 0 Å². The fourth-order valence-electron chi connectivity index (χ4n) is 3.58. The third-order valence-electron chi connectivity index (χ3n) is 5.01. The maximum absolute atomic E-state index is 4.27. The first-order chi connectivity index (χ1) is 12.3. The van der Waals surface area contributed by atoms with Gasteiger partial charge in [0.1, 0.15) is 0 Å². The van der Waals surface area contributed by atoms with Gasteiger partial charge in [0.25, 0.3) is 0 Å². The van der Waals surface area contributed by atoms with Crippen molar-refractivity contribution in [2.75, 3.05) is 42.9 Å². The highest BCUT2D eigenvalue weighted by Crippen LogP contribution is 2.24. The molecule has 0 atom stereocenters. The zero-order valence-electron chi connectivity index (χ0n) is 15.5. The highest BCUT2D eigenvalue weighted by atomic mass is 15.3. The number of hydrogen-bond donors (Lipinski definition) is 1. The molecule has 4 nitrogen and oxygen atoms in total. The van der Waals surface area contributed by atoms with Crippen LogP contribution in [0.1, 0.15) is 31.4 Å². The number of benzene rings is 1. The number of nitrogens with zero attached hydrogens (tertiary/aromatic N) is 3. The lowest BCUT2D eigenvalue weighted by molar-refractivity contribution is 0.258. The standard InChI is InChI=1S/C21H30N4/c1-3-11-24-12-14-25(15-13-24)21-8-6-5-7-19(21)16-23-20-17-22-10-9-18(20)4-2/h5-10,17,23H,3-4,11-16H2,1-2H3. The molecule has 1 aliphatic heterocycles. The molecule has 1 aliphatic rings. The number of piperazine rings is 1. The van der Waals surface area contributed by atoms with Crippen LogP contribution in [0, 0.1) is 0 Å². The van der Waals surface area contributed by atoms with Gasteiger partial charge < -0.3 is 10.2 Å². The van der Waals surface area contributed by atoms with E-state index in [0.29, 0.717) is 0 Å². The molecule has 1 N–H and O–H groups in total. The third kappa shape index (κ3) is 4.51. The first-order valence-electron chi connectivity index (χ1n) is 9.53. The maximum atomic E-state index is 4.27. The summed E-state index contributed by atoms with van der Waals surface area (Å²) >= 11 is 0. The van der Waals surface area contributed by atoms with Gasteiger partial charge in [0.15, 0.2) is 0 Å². The monoisotopic (exact) mass is 338 g/mol. The maximum Gasteiger partial charge on any atom is 0.0561 e. The first kappa shape index (κ1) is 17.7. The quantitative estimate of drug-likeness (QED) is 0.832. The molecule has 0 spiro atoms. The molecular weight excluding hydrogens is 308 g/mol. The second-order valence-electron chi connectivity index (χ2n) is 6.70. The zero-order valence-corrected chi connectivity index (χ0v) is 15.5. The number of pyridine rings is 1. The van der Waals surface area contributed by atoms with Gasteiger partial charge in [-0.25, -0.2) is 0 Å². The first-order valence-corrected chi connectivity index (χ1v) is 9.53. The van der Waals surface area contributed by atoms with E-state index >= 15 is 0 Å². The Morgan fingerprint density at radius 2 is 1.80 bits per heavy atom. The highest BCUT2D eigenvalue weighted by molar-refractivity contribution is 5.57. The molecule has 2 heterocycles. The van der Waals surface area contributed by atoms with Crippen molar-refractivity contribution in [2.45, 2.75) is 33.2 Å². The minimum Gasteiger partial charge on any atom is -0.379 e. The summed E-state index contributed by atoms with van der Waals surface area (Å²) in [5.41, 5.74) is 5.19. The van der Waals surface area contributed by atoms with Gasteiger partial charge >= 0.3 is 0 Å². The number of anilines is 2. The van der Waals surface area contributed by atoms with Gasteiger partial charge in [-0.3, -0.25) is 9.88 Å². The van der Waals surface area contributed by atoms with Crippen LogP contribution in [0.4, 0.5) is 11.4 Å². The van der Waals surface area contributed by atoms with Crippen molar-refractivity contribution in [1.82, 2.24) is 9.88 Å². The summed E-state index contributed by atoms with van der Waals surface area (Å²) in [6, 6.07) is 10.9. The lowest BCUT2D eigenvalue weighted by atomic mass is 10.1. The fraction of sp³-hybridized carbons (Fsp3) is 0.476. The Bertz CT molecular complexity index is 662. The van der Waals surface area contributed by atoms with Crippen LogP contribution < -0.4 is 10.2 Å². The summed E-state index contributed by atoms with van der Waals surface area (Å²) in [5.74, 6) is 0. The fourth-order valence-corrected chi connectivity index (χ4v) is 3.58. The molecule has 0 saturated carbocycles. The minimum atomic E-state index is 0.837. The van der Waals surface area contributed by atoms with Crippen LogP contribution in [0.3, 0.4) is 0 Å². The summed E-state index contributed by atoms with van der Waals surface area (Å²) in [6.07, 6.45) is 6.07. The van der Waals surface area contributed by atoms with E-state index < -0.39 is 0 Å². The lowest BCUT2D eigenvalue weighted by Crippen LogP contribution is -2.46. The van der Waals surface area contributed by atoms with E-state index in [4.69, 9.17) is 0 Å². The molecular formula is C21H30N4. The summed E-state index contributed by atoms with van der Waals surface area (Å²) in [5, 5.41) is 3.59. The van der Waals surface area contributed by atoms with E-state index in [0.717, 1.165) is 44.8 Å². The molecule has 1 aromatic carbocycles. The summed E-state index contributed by atoms with van der Waals surface area (Å²) in [7, 11) is 0.